The van der Waals surface area contributed by atoms with Crippen LogP contribution in [0.15, 0.2) is 47.6 Å². The van der Waals surface area contributed by atoms with E-state index in [9.17, 15) is 18.0 Å². The fourth-order valence-corrected chi connectivity index (χ4v) is 4.24. The highest BCUT2D eigenvalue weighted by atomic mass is 35.5. The Morgan fingerprint density at radius 1 is 1.23 bits per heavy atom. The number of hydrogen-bond acceptors (Lipinski definition) is 6. The molecule has 0 radical (unpaired) electrons. The molecule has 11 heteroatoms. The summed E-state index contributed by atoms with van der Waals surface area (Å²) in [5, 5.41) is 4.93. The van der Waals surface area contributed by atoms with Gasteiger partial charge in [0.15, 0.2) is 5.17 Å². The molecule has 30 heavy (non-hydrogen) atoms. The maximum atomic E-state index is 12.4. The second-order valence-electron chi connectivity index (χ2n) is 6.37. The van der Waals surface area contributed by atoms with Gasteiger partial charge in [-0.25, -0.2) is 13.8 Å². The molecular weight excluding hydrogens is 448 g/mol. The maximum Gasteiger partial charge on any atom is 0.271 e. The smallest absolute Gasteiger partial charge is 0.271 e. The highest BCUT2D eigenvalue weighted by Crippen LogP contribution is 2.31. The van der Waals surface area contributed by atoms with Crippen LogP contribution in [0.5, 0.6) is 0 Å². The van der Waals surface area contributed by atoms with Gasteiger partial charge < -0.3 is 0 Å². The van der Waals surface area contributed by atoms with E-state index in [1.165, 1.54) is 47.9 Å². The van der Waals surface area contributed by atoms with E-state index in [1.54, 1.807) is 18.2 Å². The van der Waals surface area contributed by atoms with Gasteiger partial charge in [0.05, 0.1) is 17.2 Å². The lowest BCUT2D eigenvalue weighted by Gasteiger charge is -2.18. The molecule has 1 saturated heterocycles. The monoisotopic (exact) mass is 466 g/mol. The fourth-order valence-electron chi connectivity index (χ4n) is 2.61. The molecule has 0 atom stereocenters. The van der Waals surface area contributed by atoms with Gasteiger partial charge >= 0.3 is 0 Å². The minimum Gasteiger partial charge on any atom is -0.284 e. The van der Waals surface area contributed by atoms with Crippen molar-refractivity contribution < 1.29 is 18.0 Å². The standard InChI is InChI=1S/C19H19ClN4O4S2/c1-3-30(27,28)23-15-8-5-13(6-9-15)18(26)21-22-19-24(17(25)11-29-19)16-10-14(20)7-4-12(16)2/h4-10,23H,3,11H2,1-2H3,(H,21,26). The molecule has 2 aromatic rings. The Morgan fingerprint density at radius 2 is 1.93 bits per heavy atom. The lowest BCUT2D eigenvalue weighted by Crippen LogP contribution is -2.32. The average Bonchev–Trinajstić information content (AvgIpc) is 3.08. The SMILES string of the molecule is CCS(=O)(=O)Nc1ccc(C(=O)NN=C2SCC(=O)N2c2cc(Cl)ccc2C)cc1. The van der Waals surface area contributed by atoms with Crippen LogP contribution in [0.25, 0.3) is 0 Å². The molecule has 8 nitrogen and oxygen atoms in total. The van der Waals surface area contributed by atoms with Crippen molar-refractivity contribution in [2.75, 3.05) is 21.1 Å². The summed E-state index contributed by atoms with van der Waals surface area (Å²) >= 11 is 7.27. The van der Waals surface area contributed by atoms with E-state index in [1.807, 2.05) is 6.92 Å². The van der Waals surface area contributed by atoms with Crippen LogP contribution in [0, 0.1) is 6.92 Å². The van der Waals surface area contributed by atoms with Crippen molar-refractivity contribution in [2.24, 2.45) is 5.10 Å². The number of rotatable bonds is 6. The van der Waals surface area contributed by atoms with Gasteiger partial charge in [-0.2, -0.15) is 0 Å². The van der Waals surface area contributed by atoms with Crippen molar-refractivity contribution in [1.82, 2.24) is 5.43 Å². The maximum absolute atomic E-state index is 12.4. The molecule has 2 aromatic carbocycles. The van der Waals surface area contributed by atoms with E-state index in [-0.39, 0.29) is 17.4 Å². The first-order valence-electron chi connectivity index (χ1n) is 8.90. The number of nitrogens with zero attached hydrogens (tertiary/aromatic N) is 2. The normalized spacial score (nSPS) is 15.5. The summed E-state index contributed by atoms with van der Waals surface area (Å²) in [7, 11) is -3.39. The number of amides is 2. The van der Waals surface area contributed by atoms with Gasteiger partial charge in [-0.15, -0.1) is 5.10 Å². The second kappa shape index (κ2) is 9.07. The van der Waals surface area contributed by atoms with Crippen LogP contribution in [0.3, 0.4) is 0 Å². The van der Waals surface area contributed by atoms with Gasteiger partial charge in [-0.3, -0.25) is 19.2 Å². The molecule has 1 fully saturated rings. The topological polar surface area (TPSA) is 108 Å². The molecule has 1 aliphatic rings. The van der Waals surface area contributed by atoms with Gasteiger partial charge in [0.25, 0.3) is 5.91 Å². The predicted octanol–water partition coefficient (Wildman–Crippen LogP) is 3.19. The third kappa shape index (κ3) is 5.13. The molecule has 1 aliphatic heterocycles. The third-order valence-corrected chi connectivity index (χ3v) is 6.70. The van der Waals surface area contributed by atoms with Crippen molar-refractivity contribution >= 4 is 61.7 Å². The number of hydrazone groups is 1. The summed E-state index contributed by atoms with van der Waals surface area (Å²) in [6, 6.07) is 11.2. The first kappa shape index (κ1) is 22.1. The Labute approximate surface area is 183 Å². The van der Waals surface area contributed by atoms with Crippen LogP contribution in [0.2, 0.25) is 5.02 Å². The first-order valence-corrected chi connectivity index (χ1v) is 11.9. The van der Waals surface area contributed by atoms with E-state index in [0.717, 1.165) is 5.56 Å². The molecule has 3 rings (SSSR count). The number of carbonyl (C=O) groups is 2. The van der Waals surface area contributed by atoms with Crippen LogP contribution in [0.1, 0.15) is 22.8 Å². The van der Waals surface area contributed by atoms with Crippen LogP contribution in [-0.2, 0) is 14.8 Å². The van der Waals surface area contributed by atoms with Crippen molar-refractivity contribution in [1.29, 1.82) is 0 Å². The Bertz CT molecular complexity index is 1120. The molecule has 2 N–H and O–H groups in total. The number of benzene rings is 2. The molecule has 0 aliphatic carbocycles. The minimum atomic E-state index is -3.39. The Balaban J connectivity index is 1.75. The van der Waals surface area contributed by atoms with Crippen molar-refractivity contribution in [3.8, 4) is 0 Å². The Kier molecular flexibility index (Phi) is 6.69. The number of aryl methyl sites for hydroxylation is 1. The van der Waals surface area contributed by atoms with E-state index in [2.05, 4.69) is 15.2 Å². The molecule has 0 saturated carbocycles. The van der Waals surface area contributed by atoms with Gasteiger partial charge in [-0.05, 0) is 55.8 Å². The van der Waals surface area contributed by atoms with E-state index >= 15 is 0 Å². The number of anilines is 2. The van der Waals surface area contributed by atoms with Gasteiger partial charge in [0.2, 0.25) is 15.9 Å². The summed E-state index contributed by atoms with van der Waals surface area (Å²) in [6.07, 6.45) is 0. The highest BCUT2D eigenvalue weighted by molar-refractivity contribution is 8.15. The number of halogens is 1. The number of sulfonamides is 1. The number of carbonyl (C=O) groups excluding carboxylic acids is 2. The summed E-state index contributed by atoms with van der Waals surface area (Å²) in [6.45, 7) is 3.38. The number of hydrogen-bond donors (Lipinski definition) is 2. The summed E-state index contributed by atoms with van der Waals surface area (Å²) < 4.78 is 25.6. The quantitative estimate of drug-likeness (QED) is 0.635. The number of amidine groups is 1. The lowest BCUT2D eigenvalue weighted by molar-refractivity contribution is -0.115. The Morgan fingerprint density at radius 3 is 2.60 bits per heavy atom. The zero-order valence-electron chi connectivity index (χ0n) is 16.2. The molecule has 1 heterocycles. The third-order valence-electron chi connectivity index (χ3n) is 4.23. The minimum absolute atomic E-state index is 0.0499. The van der Waals surface area contributed by atoms with Gasteiger partial charge in [0, 0.05) is 16.3 Å². The first-order chi connectivity index (χ1) is 14.2. The fraction of sp³-hybridized carbons (Fsp3) is 0.211. The zero-order chi connectivity index (χ0) is 21.9. The summed E-state index contributed by atoms with van der Waals surface area (Å²) in [5.41, 5.74) is 4.54. The molecule has 0 aromatic heterocycles. The van der Waals surface area contributed by atoms with Crippen LogP contribution in [-0.4, -0.2) is 36.9 Å². The summed E-state index contributed by atoms with van der Waals surface area (Å²) in [5.74, 6) is -0.500. The molecule has 158 valence electrons. The van der Waals surface area contributed by atoms with Crippen LogP contribution >= 0.6 is 23.4 Å². The summed E-state index contributed by atoms with van der Waals surface area (Å²) in [4.78, 5) is 26.2. The zero-order valence-corrected chi connectivity index (χ0v) is 18.6. The number of thioether (sulfide) groups is 1. The van der Waals surface area contributed by atoms with Crippen LogP contribution in [0.4, 0.5) is 11.4 Å². The van der Waals surface area contributed by atoms with Crippen LogP contribution < -0.4 is 15.0 Å². The molecular formula is C19H19ClN4O4S2. The van der Waals surface area contributed by atoms with Crippen molar-refractivity contribution in [2.45, 2.75) is 13.8 Å². The molecule has 2 amide bonds. The van der Waals surface area contributed by atoms with E-state index < -0.39 is 15.9 Å². The molecule has 0 unspecified atom stereocenters. The number of nitrogens with one attached hydrogen (secondary N) is 2. The van der Waals surface area contributed by atoms with Crippen molar-refractivity contribution in [3.63, 3.8) is 0 Å². The van der Waals surface area contributed by atoms with E-state index in [0.29, 0.717) is 27.1 Å². The highest BCUT2D eigenvalue weighted by Gasteiger charge is 2.31. The van der Waals surface area contributed by atoms with Gasteiger partial charge in [-0.1, -0.05) is 29.4 Å². The van der Waals surface area contributed by atoms with Crippen molar-refractivity contribution in [3.05, 3.63) is 58.6 Å². The van der Waals surface area contributed by atoms with E-state index in [4.69, 9.17) is 11.6 Å². The Hall–Kier alpha value is -2.56. The predicted molar refractivity (Wildman–Crippen MR) is 121 cm³/mol. The van der Waals surface area contributed by atoms with Gasteiger partial charge in [0.1, 0.15) is 0 Å². The average molecular weight is 467 g/mol. The lowest BCUT2D eigenvalue weighted by atomic mass is 10.2. The second-order valence-corrected chi connectivity index (χ2v) is 9.76. The molecule has 0 spiro atoms. The largest absolute Gasteiger partial charge is 0.284 e. The molecule has 0 bridgehead atoms.